The first-order chi connectivity index (χ1) is 16.1. The van der Waals surface area contributed by atoms with Gasteiger partial charge in [-0.2, -0.15) is 0 Å². The molecule has 0 aromatic heterocycles. The molecule has 12 heteroatoms. The summed E-state index contributed by atoms with van der Waals surface area (Å²) in [6, 6.07) is 11.0. The fraction of sp³-hybridized carbons (Fsp3) is 0.364. The topological polar surface area (TPSA) is 114 Å². The Morgan fingerprint density at radius 3 is 2.41 bits per heavy atom. The van der Waals surface area contributed by atoms with Gasteiger partial charge in [0.25, 0.3) is 15.9 Å². The van der Waals surface area contributed by atoms with Crippen LogP contribution in [0.3, 0.4) is 0 Å². The summed E-state index contributed by atoms with van der Waals surface area (Å²) in [5.74, 6) is -1.41. The molecular weight excluding hydrogens is 486 g/mol. The number of ether oxygens (including phenoxy) is 2. The molecule has 184 valence electrons. The van der Waals surface area contributed by atoms with Crippen LogP contribution in [0.5, 0.6) is 0 Å². The highest BCUT2D eigenvalue weighted by Gasteiger charge is 2.26. The lowest BCUT2D eigenvalue weighted by atomic mass is 10.2. The molecule has 1 heterocycles. The number of rotatable bonds is 8. The lowest BCUT2D eigenvalue weighted by Crippen LogP contribution is -2.36. The van der Waals surface area contributed by atoms with E-state index in [0.717, 1.165) is 24.8 Å². The zero-order valence-corrected chi connectivity index (χ0v) is 20.6. The van der Waals surface area contributed by atoms with E-state index in [1.807, 2.05) is 12.1 Å². The van der Waals surface area contributed by atoms with Gasteiger partial charge < -0.3 is 19.7 Å². The molecule has 0 saturated carbocycles. The Labute approximate surface area is 203 Å². The summed E-state index contributed by atoms with van der Waals surface area (Å²) in [7, 11) is -1.72. The zero-order valence-electron chi connectivity index (χ0n) is 19.0. The van der Waals surface area contributed by atoms with Crippen LogP contribution in [0.1, 0.15) is 17.3 Å². The number of benzene rings is 2. The van der Waals surface area contributed by atoms with Crippen molar-refractivity contribution in [3.8, 4) is 0 Å². The van der Waals surface area contributed by atoms with Gasteiger partial charge in [0.15, 0.2) is 6.10 Å². The molecule has 1 fully saturated rings. The average Bonchev–Trinajstić information content (AvgIpc) is 2.84. The molecule has 1 atom stereocenters. The number of hydrogen-bond donors (Lipinski definition) is 1. The Hall–Kier alpha value is -2.70. The SMILES string of the molecule is CON(C)S(=O)(=O)c1cc(C(=O)O[C@H](C)C(=O)Nc2ccc(N3CCOCC3)cc2)ccc1Cl. The van der Waals surface area contributed by atoms with Crippen molar-refractivity contribution in [3.05, 3.63) is 53.1 Å². The van der Waals surface area contributed by atoms with Gasteiger partial charge >= 0.3 is 5.97 Å². The highest BCUT2D eigenvalue weighted by atomic mass is 35.5. The summed E-state index contributed by atoms with van der Waals surface area (Å²) >= 11 is 6.01. The van der Waals surface area contributed by atoms with Gasteiger partial charge in [-0.3, -0.25) is 9.63 Å². The number of anilines is 2. The molecule has 1 amide bonds. The number of hydrogen-bond acceptors (Lipinski definition) is 8. The van der Waals surface area contributed by atoms with Gasteiger partial charge in [0.2, 0.25) is 0 Å². The van der Waals surface area contributed by atoms with Crippen molar-refractivity contribution in [1.82, 2.24) is 4.47 Å². The average molecular weight is 512 g/mol. The number of nitrogens with zero attached hydrogens (tertiary/aromatic N) is 2. The second kappa shape index (κ2) is 11.2. The number of carbonyl (C=O) groups is 2. The molecule has 1 saturated heterocycles. The molecule has 0 bridgehead atoms. The molecule has 2 aromatic carbocycles. The standard InChI is InChI=1S/C22H26ClN3O7S/c1-15(21(27)24-17-5-7-18(8-6-17)26-10-12-32-13-11-26)33-22(28)16-4-9-19(23)20(14-16)34(29,30)25(2)31-3/h4-9,14-15H,10-13H2,1-3H3,(H,24,27)/t15-/m1/s1. The first kappa shape index (κ1) is 25.9. The molecule has 1 N–H and O–H groups in total. The Bertz CT molecular complexity index is 1140. The van der Waals surface area contributed by atoms with Crippen molar-refractivity contribution >= 4 is 44.9 Å². The fourth-order valence-electron chi connectivity index (χ4n) is 3.17. The second-order valence-corrected chi connectivity index (χ2v) is 9.74. The van der Waals surface area contributed by atoms with Gasteiger partial charge in [-0.25, -0.2) is 13.2 Å². The maximum atomic E-state index is 12.6. The van der Waals surface area contributed by atoms with E-state index in [1.54, 1.807) is 12.1 Å². The largest absolute Gasteiger partial charge is 0.449 e. The minimum atomic E-state index is -4.09. The van der Waals surface area contributed by atoms with Crippen LogP contribution in [0.4, 0.5) is 11.4 Å². The third kappa shape index (κ3) is 6.05. The zero-order chi connectivity index (χ0) is 24.9. The van der Waals surface area contributed by atoms with E-state index < -0.39 is 28.0 Å². The van der Waals surface area contributed by atoms with Crippen molar-refractivity contribution < 1.29 is 32.3 Å². The number of amides is 1. The summed E-state index contributed by atoms with van der Waals surface area (Å²) in [6.07, 6.45) is -1.14. The molecule has 2 aromatic rings. The van der Waals surface area contributed by atoms with Crippen LogP contribution in [0.15, 0.2) is 47.4 Å². The minimum absolute atomic E-state index is 0.0815. The van der Waals surface area contributed by atoms with Crippen LogP contribution in [0.25, 0.3) is 0 Å². The van der Waals surface area contributed by atoms with E-state index in [0.29, 0.717) is 23.4 Å². The summed E-state index contributed by atoms with van der Waals surface area (Å²) in [5.41, 5.74) is 1.49. The van der Waals surface area contributed by atoms with Crippen LogP contribution < -0.4 is 10.2 Å². The van der Waals surface area contributed by atoms with Crippen LogP contribution in [0.2, 0.25) is 5.02 Å². The minimum Gasteiger partial charge on any atom is -0.449 e. The van der Waals surface area contributed by atoms with Gasteiger partial charge in [-0.05, 0) is 49.4 Å². The van der Waals surface area contributed by atoms with E-state index in [1.165, 1.54) is 33.2 Å². The number of esters is 1. The third-order valence-corrected chi connectivity index (χ3v) is 7.37. The van der Waals surface area contributed by atoms with Crippen LogP contribution >= 0.6 is 11.6 Å². The van der Waals surface area contributed by atoms with Gasteiger partial charge in [-0.1, -0.05) is 16.1 Å². The van der Waals surface area contributed by atoms with E-state index in [4.69, 9.17) is 25.9 Å². The van der Waals surface area contributed by atoms with Crippen LogP contribution in [-0.4, -0.2) is 71.3 Å². The number of sulfonamides is 1. The van der Waals surface area contributed by atoms with E-state index in [-0.39, 0.29) is 15.5 Å². The Kier molecular flexibility index (Phi) is 8.50. The lowest BCUT2D eigenvalue weighted by molar-refractivity contribution is -0.123. The van der Waals surface area contributed by atoms with Crippen LogP contribution in [-0.2, 0) is 29.1 Å². The monoisotopic (exact) mass is 511 g/mol. The Morgan fingerprint density at radius 2 is 1.79 bits per heavy atom. The van der Waals surface area contributed by atoms with Gasteiger partial charge in [0, 0.05) is 31.5 Å². The number of morpholine rings is 1. The van der Waals surface area contributed by atoms with Crippen LogP contribution in [0, 0.1) is 0 Å². The third-order valence-electron chi connectivity index (χ3n) is 5.20. The normalized spacial score (nSPS) is 15.1. The van der Waals surface area contributed by atoms with E-state index >= 15 is 0 Å². The molecule has 0 aliphatic carbocycles. The molecule has 1 aliphatic rings. The molecule has 0 spiro atoms. The summed E-state index contributed by atoms with van der Waals surface area (Å²) in [4.78, 5) is 31.7. The van der Waals surface area contributed by atoms with Gasteiger partial charge in [0.1, 0.15) is 4.90 Å². The summed E-state index contributed by atoms with van der Waals surface area (Å²) in [6.45, 7) is 4.36. The summed E-state index contributed by atoms with van der Waals surface area (Å²) in [5, 5.41) is 2.61. The summed E-state index contributed by atoms with van der Waals surface area (Å²) < 4.78 is 36.2. The molecule has 3 rings (SSSR count). The smallest absolute Gasteiger partial charge is 0.338 e. The van der Waals surface area contributed by atoms with Crippen molar-refractivity contribution in [2.75, 3.05) is 50.7 Å². The number of halogens is 1. The molecule has 34 heavy (non-hydrogen) atoms. The number of hydroxylamine groups is 1. The maximum Gasteiger partial charge on any atom is 0.338 e. The fourth-order valence-corrected chi connectivity index (χ4v) is 4.64. The maximum absolute atomic E-state index is 12.6. The second-order valence-electron chi connectivity index (χ2n) is 7.43. The van der Waals surface area contributed by atoms with Crippen molar-refractivity contribution in [1.29, 1.82) is 0 Å². The van der Waals surface area contributed by atoms with E-state index in [2.05, 4.69) is 10.2 Å². The van der Waals surface area contributed by atoms with Gasteiger partial charge in [-0.15, -0.1) is 0 Å². The highest BCUT2D eigenvalue weighted by molar-refractivity contribution is 7.89. The predicted octanol–water partition coefficient (Wildman–Crippen LogP) is 2.54. The van der Waals surface area contributed by atoms with E-state index in [9.17, 15) is 18.0 Å². The van der Waals surface area contributed by atoms with Crippen molar-refractivity contribution in [2.45, 2.75) is 17.9 Å². The van der Waals surface area contributed by atoms with Gasteiger partial charge in [0.05, 0.1) is 30.9 Å². The molecule has 10 nitrogen and oxygen atoms in total. The Balaban J connectivity index is 1.64. The quantitative estimate of drug-likeness (QED) is 0.425. The molecule has 0 unspecified atom stereocenters. The predicted molar refractivity (Wildman–Crippen MR) is 126 cm³/mol. The number of carbonyl (C=O) groups excluding carboxylic acids is 2. The molecular formula is C22H26ClN3O7S. The molecule has 1 aliphatic heterocycles. The molecule has 0 radical (unpaired) electrons. The first-order valence-corrected chi connectivity index (χ1v) is 12.2. The number of nitrogens with one attached hydrogen (secondary N) is 1. The van der Waals surface area contributed by atoms with Crippen molar-refractivity contribution in [2.24, 2.45) is 0 Å². The first-order valence-electron chi connectivity index (χ1n) is 10.4. The Morgan fingerprint density at radius 1 is 1.15 bits per heavy atom. The van der Waals surface area contributed by atoms with Crippen molar-refractivity contribution in [3.63, 3.8) is 0 Å². The lowest BCUT2D eigenvalue weighted by Gasteiger charge is -2.28. The highest BCUT2D eigenvalue weighted by Crippen LogP contribution is 2.26.